The van der Waals surface area contributed by atoms with Crippen LogP contribution in [0.1, 0.15) is 28.6 Å². The molecular weight excluding hydrogens is 386 g/mol. The Labute approximate surface area is 162 Å². The summed E-state index contributed by atoms with van der Waals surface area (Å²) in [6.45, 7) is 1.69. The van der Waals surface area contributed by atoms with E-state index in [-0.39, 0.29) is 5.89 Å². The molecule has 1 unspecified atom stereocenters. The van der Waals surface area contributed by atoms with Gasteiger partial charge in [-0.15, -0.1) is 11.3 Å². The molecule has 0 saturated heterocycles. The molecule has 138 valence electrons. The second-order valence-electron chi connectivity index (χ2n) is 5.92. The van der Waals surface area contributed by atoms with Gasteiger partial charge in [-0.1, -0.05) is 16.5 Å². The molecule has 10 heteroatoms. The second-order valence-corrected chi connectivity index (χ2v) is 7.96. The van der Waals surface area contributed by atoms with E-state index in [0.717, 1.165) is 20.2 Å². The van der Waals surface area contributed by atoms with Gasteiger partial charge in [0.15, 0.2) is 11.2 Å². The molecule has 0 N–H and O–H groups in total. The smallest absolute Gasteiger partial charge is 0.349 e. The van der Waals surface area contributed by atoms with Gasteiger partial charge >= 0.3 is 5.97 Å². The van der Waals surface area contributed by atoms with E-state index in [1.807, 2.05) is 25.1 Å². The van der Waals surface area contributed by atoms with Crippen LogP contribution in [0.4, 0.5) is 5.13 Å². The van der Waals surface area contributed by atoms with Gasteiger partial charge in [0.2, 0.25) is 5.82 Å². The van der Waals surface area contributed by atoms with Crippen molar-refractivity contribution in [1.82, 2.24) is 20.1 Å². The van der Waals surface area contributed by atoms with Gasteiger partial charge in [-0.3, -0.25) is 4.98 Å². The first-order valence-electron chi connectivity index (χ1n) is 8.04. The Hall–Kier alpha value is -2.85. The highest BCUT2D eigenvalue weighted by molar-refractivity contribution is 7.29. The number of nitrogens with zero attached hydrogens (tertiary/aromatic N) is 5. The first-order chi connectivity index (χ1) is 13.0. The summed E-state index contributed by atoms with van der Waals surface area (Å²) in [5.74, 6) is 0.192. The number of fused-ring (bicyclic) bond motifs is 1. The largest absolute Gasteiger partial charge is 0.448 e. The summed E-state index contributed by atoms with van der Waals surface area (Å²) in [5, 5.41) is 4.81. The van der Waals surface area contributed by atoms with Crippen molar-refractivity contribution >= 4 is 43.3 Å². The summed E-state index contributed by atoms with van der Waals surface area (Å²) in [4.78, 5) is 28.5. The number of thiophene rings is 1. The maximum atomic E-state index is 12.4. The third-order valence-corrected chi connectivity index (χ3v) is 5.96. The third-order valence-electron chi connectivity index (χ3n) is 3.65. The average Bonchev–Trinajstić information content (AvgIpc) is 3.36. The number of carbonyl (C=O) groups is 1. The summed E-state index contributed by atoms with van der Waals surface area (Å²) in [7, 11) is 3.87. The molecule has 0 spiro atoms. The summed E-state index contributed by atoms with van der Waals surface area (Å²) in [5.41, 5.74) is 0.729. The Bertz CT molecular complexity index is 1060. The van der Waals surface area contributed by atoms with Crippen LogP contribution in [-0.4, -0.2) is 40.2 Å². The van der Waals surface area contributed by atoms with Crippen LogP contribution in [0.15, 0.2) is 35.1 Å². The van der Waals surface area contributed by atoms with Crippen LogP contribution in [0.25, 0.3) is 20.9 Å². The first-order valence-corrected chi connectivity index (χ1v) is 9.67. The first kappa shape index (κ1) is 17.6. The molecule has 0 aromatic carbocycles. The number of carbonyl (C=O) groups excluding carboxylic acids is 1. The predicted octanol–water partition coefficient (Wildman–Crippen LogP) is 3.79. The van der Waals surface area contributed by atoms with Crippen molar-refractivity contribution in [3.8, 4) is 11.4 Å². The zero-order chi connectivity index (χ0) is 19.0. The zero-order valence-corrected chi connectivity index (χ0v) is 16.4. The van der Waals surface area contributed by atoms with Crippen molar-refractivity contribution in [2.75, 3.05) is 19.0 Å². The van der Waals surface area contributed by atoms with Gasteiger partial charge in [-0.2, -0.15) is 4.98 Å². The number of ether oxygens (including phenoxy) is 1. The van der Waals surface area contributed by atoms with E-state index in [0.29, 0.717) is 10.7 Å². The number of hydrogen-bond acceptors (Lipinski definition) is 10. The van der Waals surface area contributed by atoms with Crippen LogP contribution >= 0.6 is 22.7 Å². The van der Waals surface area contributed by atoms with Crippen LogP contribution in [0.3, 0.4) is 0 Å². The van der Waals surface area contributed by atoms with Crippen LogP contribution in [0, 0.1) is 0 Å². The fourth-order valence-electron chi connectivity index (χ4n) is 2.30. The molecule has 4 aromatic rings. The van der Waals surface area contributed by atoms with Crippen LogP contribution < -0.4 is 4.90 Å². The number of hydrogen-bond donors (Lipinski definition) is 0. The molecule has 0 radical (unpaired) electrons. The maximum absolute atomic E-state index is 12.4. The monoisotopic (exact) mass is 401 g/mol. The van der Waals surface area contributed by atoms with E-state index >= 15 is 0 Å². The molecule has 27 heavy (non-hydrogen) atoms. The van der Waals surface area contributed by atoms with Gasteiger partial charge in [-0.05, 0) is 25.1 Å². The fraction of sp³-hybridized carbons (Fsp3) is 0.235. The molecule has 4 rings (SSSR count). The van der Waals surface area contributed by atoms with Crippen molar-refractivity contribution in [3.63, 3.8) is 0 Å². The third kappa shape index (κ3) is 3.53. The van der Waals surface area contributed by atoms with E-state index in [1.165, 1.54) is 22.7 Å². The molecule has 0 bridgehead atoms. The molecule has 0 fully saturated rings. The van der Waals surface area contributed by atoms with E-state index in [1.54, 1.807) is 31.5 Å². The highest BCUT2D eigenvalue weighted by Crippen LogP contribution is 2.34. The molecule has 4 heterocycles. The fourth-order valence-corrected chi connectivity index (χ4v) is 4.31. The molecule has 0 aliphatic carbocycles. The van der Waals surface area contributed by atoms with E-state index in [4.69, 9.17) is 9.26 Å². The molecule has 1 atom stereocenters. The van der Waals surface area contributed by atoms with E-state index in [9.17, 15) is 4.79 Å². The van der Waals surface area contributed by atoms with Gasteiger partial charge in [0.05, 0.1) is 4.70 Å². The quantitative estimate of drug-likeness (QED) is 0.466. The maximum Gasteiger partial charge on any atom is 0.349 e. The second kappa shape index (κ2) is 7.05. The highest BCUT2D eigenvalue weighted by Gasteiger charge is 2.22. The minimum absolute atomic E-state index is 0.230. The van der Waals surface area contributed by atoms with Crippen molar-refractivity contribution in [2.24, 2.45) is 0 Å². The lowest BCUT2D eigenvalue weighted by Crippen LogP contribution is -2.08. The van der Waals surface area contributed by atoms with Gasteiger partial charge in [0.1, 0.15) is 9.71 Å². The van der Waals surface area contributed by atoms with Crippen molar-refractivity contribution < 1.29 is 14.1 Å². The van der Waals surface area contributed by atoms with E-state index < -0.39 is 12.1 Å². The number of esters is 1. The lowest BCUT2D eigenvalue weighted by Gasteiger charge is -2.07. The summed E-state index contributed by atoms with van der Waals surface area (Å²) in [6.07, 6.45) is 2.64. The predicted molar refractivity (Wildman–Crippen MR) is 103 cm³/mol. The van der Waals surface area contributed by atoms with Crippen molar-refractivity contribution in [2.45, 2.75) is 13.0 Å². The minimum atomic E-state index is -0.666. The number of pyridine rings is 1. The van der Waals surface area contributed by atoms with Crippen LogP contribution in [0.5, 0.6) is 0 Å². The van der Waals surface area contributed by atoms with Gasteiger partial charge in [0.25, 0.3) is 5.89 Å². The Kier molecular flexibility index (Phi) is 4.58. The van der Waals surface area contributed by atoms with Crippen LogP contribution in [-0.2, 0) is 4.74 Å². The standard InChI is InChI=1S/C17H15N5O3S2/c1-9(14-19-13(21-25-14)10-5-4-6-18-8-10)24-16(23)12-7-11-15(26-12)20-17(27-11)22(2)3/h4-9H,1-3H3. The Morgan fingerprint density at radius 2 is 2.15 bits per heavy atom. The Morgan fingerprint density at radius 1 is 1.30 bits per heavy atom. The van der Waals surface area contributed by atoms with Crippen molar-refractivity contribution in [3.05, 3.63) is 41.4 Å². The molecule has 4 aromatic heterocycles. The highest BCUT2D eigenvalue weighted by atomic mass is 32.1. The lowest BCUT2D eigenvalue weighted by molar-refractivity contribution is 0.0271. The summed E-state index contributed by atoms with van der Waals surface area (Å²) >= 11 is 2.84. The van der Waals surface area contributed by atoms with Crippen LogP contribution in [0.2, 0.25) is 0 Å². The van der Waals surface area contributed by atoms with Crippen molar-refractivity contribution in [1.29, 1.82) is 0 Å². The van der Waals surface area contributed by atoms with Gasteiger partial charge in [-0.25, -0.2) is 9.78 Å². The molecule has 0 aliphatic heterocycles. The number of aromatic nitrogens is 4. The molecular formula is C17H15N5O3S2. The molecule has 0 saturated carbocycles. The number of anilines is 1. The molecule has 8 nitrogen and oxygen atoms in total. The summed E-state index contributed by atoms with van der Waals surface area (Å²) < 4.78 is 11.7. The average molecular weight is 401 g/mol. The topological polar surface area (TPSA) is 94.2 Å². The normalized spacial score (nSPS) is 12.3. The lowest BCUT2D eigenvalue weighted by atomic mass is 10.3. The van der Waals surface area contributed by atoms with Gasteiger partial charge in [0, 0.05) is 32.1 Å². The zero-order valence-electron chi connectivity index (χ0n) is 14.7. The number of thiazole rings is 1. The Morgan fingerprint density at radius 3 is 2.85 bits per heavy atom. The molecule has 0 amide bonds. The molecule has 0 aliphatic rings. The summed E-state index contributed by atoms with van der Waals surface area (Å²) in [6, 6.07) is 5.41. The SMILES string of the molecule is CC(OC(=O)c1cc2sc(N(C)C)nc2s1)c1nc(-c2cccnc2)no1. The van der Waals surface area contributed by atoms with Gasteiger partial charge < -0.3 is 14.2 Å². The Balaban J connectivity index is 1.48. The number of rotatable bonds is 5. The van der Waals surface area contributed by atoms with E-state index in [2.05, 4.69) is 20.1 Å². The minimum Gasteiger partial charge on any atom is -0.448 e.